The summed E-state index contributed by atoms with van der Waals surface area (Å²) in [6.45, 7) is 0.899. The summed E-state index contributed by atoms with van der Waals surface area (Å²) in [6.07, 6.45) is -0.747. The van der Waals surface area contributed by atoms with E-state index in [1.54, 1.807) is 12.1 Å². The van der Waals surface area contributed by atoms with Gasteiger partial charge in [-0.15, -0.1) is 0 Å². The molecule has 2 amide bonds. The molecule has 7 nitrogen and oxygen atoms in total. The van der Waals surface area contributed by atoms with Crippen LogP contribution in [0.15, 0.2) is 30.3 Å². The summed E-state index contributed by atoms with van der Waals surface area (Å²) in [7, 11) is 0. The first-order valence-corrected chi connectivity index (χ1v) is 5.48. The number of ether oxygens (including phenoxy) is 1. The van der Waals surface area contributed by atoms with Crippen LogP contribution < -0.4 is 10.8 Å². The van der Waals surface area contributed by atoms with Crippen molar-refractivity contribution in [3.63, 3.8) is 0 Å². The van der Waals surface area contributed by atoms with Crippen molar-refractivity contribution in [2.45, 2.75) is 13.5 Å². The van der Waals surface area contributed by atoms with Gasteiger partial charge in [0.2, 0.25) is 5.91 Å². The molecular weight excluding hydrogens is 252 g/mol. The standard InChI is InChI=1S/C12H14N2O5/c1-9(15)14-19-11(16)7-13-12(17)18-8-10-5-3-2-4-6-10/h2-6H,7-8H2,1H3,(H,13,17)(H,14,15). The summed E-state index contributed by atoms with van der Waals surface area (Å²) in [5, 5.41) is 2.19. The molecule has 0 atom stereocenters. The lowest BCUT2D eigenvalue weighted by atomic mass is 10.2. The molecule has 2 N–H and O–H groups in total. The van der Waals surface area contributed by atoms with Crippen LogP contribution in [0.5, 0.6) is 0 Å². The Morgan fingerprint density at radius 3 is 2.47 bits per heavy atom. The van der Waals surface area contributed by atoms with Gasteiger partial charge in [-0.2, -0.15) is 5.48 Å². The van der Waals surface area contributed by atoms with E-state index in [-0.39, 0.29) is 6.61 Å². The first kappa shape index (κ1) is 14.5. The highest BCUT2D eigenvalue weighted by Gasteiger charge is 2.08. The molecule has 0 aliphatic rings. The monoisotopic (exact) mass is 266 g/mol. The second-order valence-corrected chi connectivity index (χ2v) is 3.55. The Labute approximate surface area is 109 Å². The number of alkyl carbamates (subject to hydrolysis) is 1. The maximum Gasteiger partial charge on any atom is 0.407 e. The minimum atomic E-state index is -0.799. The Balaban J connectivity index is 2.17. The fraction of sp³-hybridized carbons (Fsp3) is 0.250. The van der Waals surface area contributed by atoms with E-state index in [9.17, 15) is 14.4 Å². The van der Waals surface area contributed by atoms with Crippen LogP contribution in [0.4, 0.5) is 4.79 Å². The lowest BCUT2D eigenvalue weighted by Crippen LogP contribution is -2.34. The quantitative estimate of drug-likeness (QED) is 0.774. The van der Waals surface area contributed by atoms with E-state index >= 15 is 0 Å². The molecule has 0 aromatic heterocycles. The number of hydroxylamine groups is 1. The maximum absolute atomic E-state index is 11.2. The number of carbonyl (C=O) groups is 3. The highest BCUT2D eigenvalue weighted by Crippen LogP contribution is 2.00. The van der Waals surface area contributed by atoms with Crippen molar-refractivity contribution in [1.29, 1.82) is 0 Å². The Hall–Kier alpha value is -2.57. The van der Waals surface area contributed by atoms with Crippen molar-refractivity contribution in [3.05, 3.63) is 35.9 Å². The number of hydrogen-bond donors (Lipinski definition) is 2. The van der Waals surface area contributed by atoms with Crippen LogP contribution in [0.2, 0.25) is 0 Å². The smallest absolute Gasteiger partial charge is 0.407 e. The average Bonchev–Trinajstić information content (AvgIpc) is 2.41. The minimum Gasteiger partial charge on any atom is -0.445 e. The first-order chi connectivity index (χ1) is 9.08. The van der Waals surface area contributed by atoms with E-state index in [0.29, 0.717) is 0 Å². The number of amides is 2. The van der Waals surface area contributed by atoms with Gasteiger partial charge < -0.3 is 14.9 Å². The molecule has 0 aliphatic carbocycles. The Bertz CT molecular complexity index is 447. The SMILES string of the molecule is CC(=O)NOC(=O)CNC(=O)OCc1ccccc1. The molecule has 0 heterocycles. The van der Waals surface area contributed by atoms with Gasteiger partial charge in [-0.1, -0.05) is 30.3 Å². The summed E-state index contributed by atoms with van der Waals surface area (Å²) in [5.74, 6) is -1.31. The molecule has 0 saturated carbocycles. The zero-order valence-electron chi connectivity index (χ0n) is 10.3. The van der Waals surface area contributed by atoms with Crippen LogP contribution in [0.25, 0.3) is 0 Å². The van der Waals surface area contributed by atoms with Crippen molar-refractivity contribution < 1.29 is 24.0 Å². The van der Waals surface area contributed by atoms with Crippen LogP contribution in [-0.4, -0.2) is 24.5 Å². The molecule has 0 fully saturated rings. The summed E-state index contributed by atoms with van der Waals surface area (Å²) < 4.78 is 4.86. The van der Waals surface area contributed by atoms with Gasteiger partial charge in [0.15, 0.2) is 0 Å². The van der Waals surface area contributed by atoms with Crippen LogP contribution in [0.1, 0.15) is 12.5 Å². The zero-order valence-corrected chi connectivity index (χ0v) is 10.3. The van der Waals surface area contributed by atoms with E-state index < -0.39 is 24.5 Å². The average molecular weight is 266 g/mol. The first-order valence-electron chi connectivity index (χ1n) is 5.48. The highest BCUT2D eigenvalue weighted by molar-refractivity contribution is 5.79. The zero-order chi connectivity index (χ0) is 14.1. The Morgan fingerprint density at radius 1 is 1.16 bits per heavy atom. The molecule has 1 aromatic rings. The number of hydrogen-bond acceptors (Lipinski definition) is 5. The van der Waals surface area contributed by atoms with Crippen molar-refractivity contribution in [3.8, 4) is 0 Å². The highest BCUT2D eigenvalue weighted by atomic mass is 16.7. The third kappa shape index (κ3) is 6.67. The molecule has 0 bridgehead atoms. The summed E-state index contributed by atoms with van der Waals surface area (Å²) in [6, 6.07) is 9.10. The summed E-state index contributed by atoms with van der Waals surface area (Å²) in [4.78, 5) is 37.0. The predicted octanol–water partition coefficient (Wildman–Crippen LogP) is 0.507. The van der Waals surface area contributed by atoms with Gasteiger partial charge in [0.1, 0.15) is 13.2 Å². The number of benzene rings is 1. The molecule has 102 valence electrons. The van der Waals surface area contributed by atoms with Crippen molar-refractivity contribution in [2.24, 2.45) is 0 Å². The largest absolute Gasteiger partial charge is 0.445 e. The second kappa shape index (κ2) is 7.70. The minimum absolute atomic E-state index is 0.105. The van der Waals surface area contributed by atoms with E-state index in [1.165, 1.54) is 6.92 Å². The third-order valence-electron chi connectivity index (χ3n) is 1.90. The second-order valence-electron chi connectivity index (χ2n) is 3.55. The topological polar surface area (TPSA) is 93.7 Å². The fourth-order valence-electron chi connectivity index (χ4n) is 1.08. The van der Waals surface area contributed by atoms with Gasteiger partial charge >= 0.3 is 12.1 Å². The van der Waals surface area contributed by atoms with E-state index in [1.807, 2.05) is 23.7 Å². The van der Waals surface area contributed by atoms with Gasteiger partial charge in [-0.25, -0.2) is 9.59 Å². The van der Waals surface area contributed by atoms with Gasteiger partial charge in [-0.3, -0.25) is 4.79 Å². The van der Waals surface area contributed by atoms with Gasteiger partial charge in [0, 0.05) is 6.92 Å². The van der Waals surface area contributed by atoms with Crippen LogP contribution in [0, 0.1) is 0 Å². The van der Waals surface area contributed by atoms with E-state index in [0.717, 1.165) is 5.56 Å². The molecule has 19 heavy (non-hydrogen) atoms. The third-order valence-corrected chi connectivity index (χ3v) is 1.90. The summed E-state index contributed by atoms with van der Waals surface area (Å²) >= 11 is 0. The molecule has 7 heteroatoms. The summed E-state index contributed by atoms with van der Waals surface area (Å²) in [5.41, 5.74) is 2.68. The van der Waals surface area contributed by atoms with Crippen LogP contribution in [-0.2, 0) is 25.8 Å². The van der Waals surface area contributed by atoms with Crippen molar-refractivity contribution in [1.82, 2.24) is 10.8 Å². The molecule has 0 saturated heterocycles. The van der Waals surface area contributed by atoms with Gasteiger partial charge in [-0.05, 0) is 5.56 Å². The van der Waals surface area contributed by atoms with Crippen LogP contribution in [0.3, 0.4) is 0 Å². The van der Waals surface area contributed by atoms with Gasteiger partial charge in [0.05, 0.1) is 0 Å². The number of carbonyl (C=O) groups excluding carboxylic acids is 3. The lowest BCUT2D eigenvalue weighted by molar-refractivity contribution is -0.156. The molecule has 0 radical (unpaired) electrons. The normalized spacial score (nSPS) is 9.32. The van der Waals surface area contributed by atoms with E-state index in [2.05, 4.69) is 10.2 Å². The molecule has 0 spiro atoms. The molecule has 0 aliphatic heterocycles. The molecular formula is C12H14N2O5. The Morgan fingerprint density at radius 2 is 1.84 bits per heavy atom. The number of nitrogens with one attached hydrogen (secondary N) is 2. The molecule has 1 rings (SSSR count). The number of rotatable bonds is 4. The molecule has 0 unspecified atom stereocenters. The predicted molar refractivity (Wildman–Crippen MR) is 64.5 cm³/mol. The van der Waals surface area contributed by atoms with Gasteiger partial charge in [0.25, 0.3) is 0 Å². The van der Waals surface area contributed by atoms with Crippen LogP contribution >= 0.6 is 0 Å². The Kier molecular flexibility index (Phi) is 5.87. The van der Waals surface area contributed by atoms with E-state index in [4.69, 9.17) is 4.74 Å². The lowest BCUT2D eigenvalue weighted by Gasteiger charge is -2.06. The fourth-order valence-corrected chi connectivity index (χ4v) is 1.08. The molecule has 1 aromatic carbocycles. The van der Waals surface area contributed by atoms with Crippen molar-refractivity contribution in [2.75, 3.05) is 6.54 Å². The van der Waals surface area contributed by atoms with Crippen molar-refractivity contribution >= 4 is 18.0 Å². The maximum atomic E-state index is 11.2.